The molecule has 0 aromatic carbocycles. The summed E-state index contributed by atoms with van der Waals surface area (Å²) in [5, 5.41) is 0. The highest BCUT2D eigenvalue weighted by atomic mass is 16.5. The molecule has 2 aliphatic rings. The molecule has 2 saturated carbocycles. The summed E-state index contributed by atoms with van der Waals surface area (Å²) in [7, 11) is 0. The van der Waals surface area contributed by atoms with Gasteiger partial charge in [0.1, 0.15) is 5.54 Å². The molecule has 1 atom stereocenters. The first-order valence-electron chi connectivity index (χ1n) is 4.61. The van der Waals surface area contributed by atoms with Crippen LogP contribution in [0.15, 0.2) is 0 Å². The van der Waals surface area contributed by atoms with E-state index >= 15 is 0 Å². The maximum atomic E-state index is 11.4. The summed E-state index contributed by atoms with van der Waals surface area (Å²) in [6, 6.07) is 0. The van der Waals surface area contributed by atoms with Crippen LogP contribution in [0, 0.1) is 5.41 Å². The Morgan fingerprint density at radius 2 is 2.25 bits per heavy atom. The number of ether oxygens (including phenoxy) is 1. The molecule has 68 valence electrons. The van der Waals surface area contributed by atoms with Gasteiger partial charge in [-0.3, -0.25) is 4.79 Å². The first-order valence-corrected chi connectivity index (χ1v) is 4.61. The first kappa shape index (κ1) is 8.05. The fraction of sp³-hybridized carbons (Fsp3) is 0.889. The van der Waals surface area contributed by atoms with Gasteiger partial charge in [0.05, 0.1) is 6.61 Å². The third kappa shape index (κ3) is 0.774. The molecule has 3 nitrogen and oxygen atoms in total. The molecule has 12 heavy (non-hydrogen) atoms. The van der Waals surface area contributed by atoms with E-state index in [9.17, 15) is 4.79 Å². The van der Waals surface area contributed by atoms with Crippen molar-refractivity contribution in [1.29, 1.82) is 0 Å². The summed E-state index contributed by atoms with van der Waals surface area (Å²) in [6.07, 6.45) is 4.29. The van der Waals surface area contributed by atoms with Gasteiger partial charge in [0.25, 0.3) is 0 Å². The van der Waals surface area contributed by atoms with Crippen molar-refractivity contribution in [2.75, 3.05) is 6.61 Å². The van der Waals surface area contributed by atoms with Gasteiger partial charge in [-0.15, -0.1) is 0 Å². The highest BCUT2D eigenvalue weighted by molar-refractivity contribution is 5.86. The number of esters is 1. The van der Waals surface area contributed by atoms with Crippen molar-refractivity contribution in [2.45, 2.75) is 38.1 Å². The zero-order valence-corrected chi connectivity index (χ0v) is 7.43. The van der Waals surface area contributed by atoms with E-state index in [0.717, 1.165) is 19.3 Å². The van der Waals surface area contributed by atoms with Gasteiger partial charge in [0.15, 0.2) is 0 Å². The molecule has 2 aliphatic carbocycles. The Kier molecular flexibility index (Phi) is 1.49. The topological polar surface area (TPSA) is 52.3 Å². The van der Waals surface area contributed by atoms with Crippen molar-refractivity contribution in [1.82, 2.24) is 0 Å². The molecule has 3 heteroatoms. The molecule has 0 aromatic heterocycles. The number of nitrogens with two attached hydrogens (primary N) is 1. The van der Waals surface area contributed by atoms with Gasteiger partial charge in [-0.1, -0.05) is 6.42 Å². The quantitative estimate of drug-likeness (QED) is 0.623. The van der Waals surface area contributed by atoms with E-state index in [1.165, 1.54) is 6.42 Å². The molecule has 0 aliphatic heterocycles. The van der Waals surface area contributed by atoms with E-state index in [0.29, 0.717) is 6.61 Å². The maximum Gasteiger partial charge on any atom is 0.326 e. The van der Waals surface area contributed by atoms with Crippen LogP contribution in [-0.4, -0.2) is 18.1 Å². The van der Waals surface area contributed by atoms with Crippen molar-refractivity contribution in [3.05, 3.63) is 0 Å². The van der Waals surface area contributed by atoms with Crippen molar-refractivity contribution in [3.8, 4) is 0 Å². The van der Waals surface area contributed by atoms with Crippen molar-refractivity contribution >= 4 is 5.97 Å². The standard InChI is InChI=1S/C9H15NO2/c1-2-12-7(11)9(10)6-8(9)4-3-5-8/h2-6,10H2,1H3. The van der Waals surface area contributed by atoms with Gasteiger partial charge < -0.3 is 10.5 Å². The van der Waals surface area contributed by atoms with Crippen molar-refractivity contribution in [3.63, 3.8) is 0 Å². The summed E-state index contributed by atoms with van der Waals surface area (Å²) < 4.78 is 4.94. The van der Waals surface area contributed by atoms with Crippen LogP contribution in [0.5, 0.6) is 0 Å². The molecule has 0 radical (unpaired) electrons. The van der Waals surface area contributed by atoms with Crippen LogP contribution in [0.2, 0.25) is 0 Å². The number of carbonyl (C=O) groups excluding carboxylic acids is 1. The smallest absolute Gasteiger partial charge is 0.326 e. The summed E-state index contributed by atoms with van der Waals surface area (Å²) in [5.41, 5.74) is 5.48. The molecular weight excluding hydrogens is 154 g/mol. The molecule has 1 spiro atoms. The third-order valence-corrected chi connectivity index (χ3v) is 3.39. The second-order valence-electron chi connectivity index (χ2n) is 4.00. The van der Waals surface area contributed by atoms with Crippen molar-refractivity contribution < 1.29 is 9.53 Å². The summed E-state index contributed by atoms with van der Waals surface area (Å²) in [4.78, 5) is 11.4. The third-order valence-electron chi connectivity index (χ3n) is 3.39. The van der Waals surface area contributed by atoms with E-state index in [1.54, 1.807) is 0 Å². The second kappa shape index (κ2) is 2.22. The Hall–Kier alpha value is -0.570. The second-order valence-corrected chi connectivity index (χ2v) is 4.00. The number of hydrogen-bond donors (Lipinski definition) is 1. The number of hydrogen-bond acceptors (Lipinski definition) is 3. The Morgan fingerprint density at radius 1 is 1.58 bits per heavy atom. The molecule has 2 N–H and O–H groups in total. The molecule has 0 aromatic rings. The zero-order chi connectivity index (χ0) is 8.82. The van der Waals surface area contributed by atoms with Crippen LogP contribution < -0.4 is 5.73 Å². The average Bonchev–Trinajstić information content (AvgIpc) is 2.58. The van der Waals surface area contributed by atoms with Gasteiger partial charge in [-0.25, -0.2) is 0 Å². The lowest BCUT2D eigenvalue weighted by Gasteiger charge is -2.29. The minimum atomic E-state index is -0.610. The lowest BCUT2D eigenvalue weighted by Crippen LogP contribution is -2.43. The minimum Gasteiger partial charge on any atom is -0.465 e. The fourth-order valence-corrected chi connectivity index (χ4v) is 2.26. The van der Waals surface area contributed by atoms with E-state index in [2.05, 4.69) is 0 Å². The predicted octanol–water partition coefficient (Wildman–Crippen LogP) is 0.821. The highest BCUT2D eigenvalue weighted by Gasteiger charge is 2.72. The number of rotatable bonds is 2. The molecule has 2 rings (SSSR count). The summed E-state index contributed by atoms with van der Waals surface area (Å²) in [6.45, 7) is 2.25. The van der Waals surface area contributed by atoms with Crippen LogP contribution in [-0.2, 0) is 9.53 Å². The SMILES string of the molecule is CCOC(=O)C1(N)CC12CCC2. The van der Waals surface area contributed by atoms with Crippen LogP contribution in [0.4, 0.5) is 0 Å². The van der Waals surface area contributed by atoms with E-state index in [1.807, 2.05) is 6.92 Å². The van der Waals surface area contributed by atoms with Gasteiger partial charge in [-0.05, 0) is 26.2 Å². The Labute approximate surface area is 72.3 Å². The zero-order valence-electron chi connectivity index (χ0n) is 7.43. The monoisotopic (exact) mass is 169 g/mol. The Bertz CT molecular complexity index is 223. The van der Waals surface area contributed by atoms with Crippen LogP contribution in [0.3, 0.4) is 0 Å². The molecule has 0 amide bonds. The lowest BCUT2D eigenvalue weighted by molar-refractivity contribution is -0.147. The minimum absolute atomic E-state index is 0.152. The van der Waals surface area contributed by atoms with Gasteiger partial charge in [0.2, 0.25) is 0 Å². The summed E-state index contributed by atoms with van der Waals surface area (Å²) >= 11 is 0. The molecule has 0 heterocycles. The van der Waals surface area contributed by atoms with E-state index in [-0.39, 0.29) is 11.4 Å². The lowest BCUT2D eigenvalue weighted by atomic mass is 9.78. The fourth-order valence-electron chi connectivity index (χ4n) is 2.26. The van der Waals surface area contributed by atoms with Gasteiger partial charge in [0, 0.05) is 5.41 Å². The molecule has 2 fully saturated rings. The largest absolute Gasteiger partial charge is 0.465 e. The van der Waals surface area contributed by atoms with Crippen LogP contribution in [0.1, 0.15) is 32.6 Å². The van der Waals surface area contributed by atoms with Gasteiger partial charge in [-0.2, -0.15) is 0 Å². The Morgan fingerprint density at radius 3 is 2.58 bits per heavy atom. The number of carbonyl (C=O) groups is 1. The Balaban J connectivity index is 2.00. The maximum absolute atomic E-state index is 11.4. The molecule has 1 unspecified atom stereocenters. The van der Waals surface area contributed by atoms with Gasteiger partial charge >= 0.3 is 5.97 Å². The molecule has 0 saturated heterocycles. The summed E-state index contributed by atoms with van der Waals surface area (Å²) in [5.74, 6) is -0.190. The average molecular weight is 169 g/mol. The molecule has 0 bridgehead atoms. The normalized spacial score (nSPS) is 35.8. The van der Waals surface area contributed by atoms with Crippen LogP contribution >= 0.6 is 0 Å². The highest BCUT2D eigenvalue weighted by Crippen LogP contribution is 2.67. The first-order chi connectivity index (χ1) is 5.65. The van der Waals surface area contributed by atoms with Crippen LogP contribution in [0.25, 0.3) is 0 Å². The van der Waals surface area contributed by atoms with Crippen molar-refractivity contribution in [2.24, 2.45) is 11.1 Å². The predicted molar refractivity (Wildman–Crippen MR) is 44.5 cm³/mol. The van der Waals surface area contributed by atoms with E-state index in [4.69, 9.17) is 10.5 Å². The van der Waals surface area contributed by atoms with E-state index < -0.39 is 5.54 Å². The molecular formula is C9H15NO2.